The summed E-state index contributed by atoms with van der Waals surface area (Å²) in [5.74, 6) is 0.703. The molecule has 2 rings (SSSR count). The molecular weight excluding hydrogens is 373 g/mol. The standard InChI is InChI=1S/C16H16BrClFNS/c1-20-14(9-11-8-13(19)4-7-16(11)17)10-21-15-5-2-12(18)3-6-15/h2-8,14,20H,9-10H2,1H3. The first-order valence-corrected chi connectivity index (χ1v) is 8.73. The second kappa shape index (κ2) is 8.18. The van der Waals surface area contributed by atoms with Gasteiger partial charge in [0, 0.05) is 26.2 Å². The largest absolute Gasteiger partial charge is 0.316 e. The highest BCUT2D eigenvalue weighted by Crippen LogP contribution is 2.24. The van der Waals surface area contributed by atoms with Crippen LogP contribution in [0.1, 0.15) is 5.56 Å². The Hall–Kier alpha value is -0.550. The summed E-state index contributed by atoms with van der Waals surface area (Å²) in [7, 11) is 1.93. The SMILES string of the molecule is CNC(CSc1ccc(Cl)cc1)Cc1cc(F)ccc1Br. The minimum atomic E-state index is -0.201. The molecule has 1 N–H and O–H groups in total. The maximum atomic E-state index is 13.3. The summed E-state index contributed by atoms with van der Waals surface area (Å²) in [5.41, 5.74) is 0.978. The molecule has 2 aromatic rings. The van der Waals surface area contributed by atoms with Crippen molar-refractivity contribution in [3.63, 3.8) is 0 Å². The minimum Gasteiger partial charge on any atom is -0.316 e. The molecule has 0 spiro atoms. The number of thioether (sulfide) groups is 1. The van der Waals surface area contributed by atoms with Gasteiger partial charge in [-0.05, 0) is 61.5 Å². The average Bonchev–Trinajstić information content (AvgIpc) is 2.48. The second-order valence-electron chi connectivity index (χ2n) is 4.69. The van der Waals surface area contributed by atoms with Gasteiger partial charge in [-0.3, -0.25) is 0 Å². The molecule has 2 aromatic carbocycles. The molecule has 0 aliphatic carbocycles. The van der Waals surface area contributed by atoms with E-state index in [0.717, 1.165) is 27.2 Å². The van der Waals surface area contributed by atoms with Crippen molar-refractivity contribution >= 4 is 39.3 Å². The molecule has 1 nitrogen and oxygen atoms in total. The molecule has 0 saturated heterocycles. The zero-order valence-electron chi connectivity index (χ0n) is 11.6. The Labute approximate surface area is 142 Å². The highest BCUT2D eigenvalue weighted by atomic mass is 79.9. The highest BCUT2D eigenvalue weighted by Gasteiger charge is 2.11. The molecule has 0 radical (unpaired) electrons. The first-order valence-electron chi connectivity index (χ1n) is 6.58. The van der Waals surface area contributed by atoms with Crippen molar-refractivity contribution in [1.29, 1.82) is 0 Å². The van der Waals surface area contributed by atoms with E-state index in [9.17, 15) is 4.39 Å². The molecule has 0 aliphatic rings. The van der Waals surface area contributed by atoms with Gasteiger partial charge in [0.05, 0.1) is 0 Å². The third kappa shape index (κ3) is 5.29. The van der Waals surface area contributed by atoms with Gasteiger partial charge in [0.15, 0.2) is 0 Å². The summed E-state index contributed by atoms with van der Waals surface area (Å²) in [6.07, 6.45) is 0.773. The first-order chi connectivity index (χ1) is 10.1. The summed E-state index contributed by atoms with van der Waals surface area (Å²) in [6, 6.07) is 12.9. The van der Waals surface area contributed by atoms with Gasteiger partial charge in [-0.2, -0.15) is 0 Å². The van der Waals surface area contributed by atoms with Crippen LogP contribution in [0.4, 0.5) is 4.39 Å². The molecule has 0 bridgehead atoms. The van der Waals surface area contributed by atoms with E-state index in [1.54, 1.807) is 23.9 Å². The van der Waals surface area contributed by atoms with Crippen LogP contribution in [0.2, 0.25) is 5.02 Å². The van der Waals surface area contributed by atoms with Crippen molar-refractivity contribution in [3.05, 3.63) is 63.3 Å². The van der Waals surface area contributed by atoms with Crippen LogP contribution in [0.25, 0.3) is 0 Å². The first kappa shape index (κ1) is 16.8. The normalized spacial score (nSPS) is 12.4. The number of rotatable bonds is 6. The smallest absolute Gasteiger partial charge is 0.123 e. The fourth-order valence-corrected chi connectivity index (χ4v) is 3.48. The molecular formula is C16H16BrClFNS. The Balaban J connectivity index is 1.96. The van der Waals surface area contributed by atoms with Crippen LogP contribution in [-0.2, 0) is 6.42 Å². The molecule has 0 aliphatic heterocycles. The quantitative estimate of drug-likeness (QED) is 0.686. The Morgan fingerprint density at radius 3 is 2.62 bits per heavy atom. The zero-order chi connectivity index (χ0) is 15.2. The van der Waals surface area contributed by atoms with Crippen LogP contribution < -0.4 is 5.32 Å². The molecule has 5 heteroatoms. The van der Waals surface area contributed by atoms with Gasteiger partial charge in [0.1, 0.15) is 5.82 Å². The van der Waals surface area contributed by atoms with Crippen molar-refractivity contribution in [1.82, 2.24) is 5.32 Å². The summed E-state index contributed by atoms with van der Waals surface area (Å²) < 4.78 is 14.3. The van der Waals surface area contributed by atoms with Crippen LogP contribution in [0, 0.1) is 5.82 Å². The fraction of sp³-hybridized carbons (Fsp3) is 0.250. The molecule has 0 heterocycles. The number of hydrogen-bond acceptors (Lipinski definition) is 2. The minimum absolute atomic E-state index is 0.201. The van der Waals surface area contributed by atoms with Crippen molar-refractivity contribution < 1.29 is 4.39 Å². The van der Waals surface area contributed by atoms with E-state index in [1.165, 1.54) is 11.0 Å². The van der Waals surface area contributed by atoms with Gasteiger partial charge in [0.2, 0.25) is 0 Å². The van der Waals surface area contributed by atoms with Crippen LogP contribution in [0.15, 0.2) is 51.8 Å². The van der Waals surface area contributed by atoms with Crippen molar-refractivity contribution in [2.45, 2.75) is 17.4 Å². The fourth-order valence-electron chi connectivity index (χ4n) is 1.94. The molecule has 21 heavy (non-hydrogen) atoms. The Morgan fingerprint density at radius 2 is 1.95 bits per heavy atom. The third-order valence-corrected chi connectivity index (χ3v) is 5.35. The van der Waals surface area contributed by atoms with E-state index in [1.807, 2.05) is 31.3 Å². The Bertz CT molecular complexity index is 591. The predicted octanol–water partition coefficient (Wildman–Crippen LogP) is 5.16. The number of nitrogens with one attached hydrogen (secondary N) is 1. The summed E-state index contributed by atoms with van der Waals surface area (Å²) >= 11 is 11.1. The van der Waals surface area contributed by atoms with Crippen LogP contribution in [0.3, 0.4) is 0 Å². The van der Waals surface area contributed by atoms with Gasteiger partial charge in [-0.25, -0.2) is 4.39 Å². The lowest BCUT2D eigenvalue weighted by atomic mass is 10.1. The van der Waals surface area contributed by atoms with E-state index in [-0.39, 0.29) is 11.9 Å². The van der Waals surface area contributed by atoms with Gasteiger partial charge in [-0.1, -0.05) is 27.5 Å². The molecule has 0 aromatic heterocycles. The lowest BCUT2D eigenvalue weighted by molar-refractivity contribution is 0.601. The number of likely N-dealkylation sites (N-methyl/N-ethyl adjacent to an activating group) is 1. The lowest BCUT2D eigenvalue weighted by Crippen LogP contribution is -2.30. The van der Waals surface area contributed by atoms with Gasteiger partial charge < -0.3 is 5.32 Å². The summed E-state index contributed by atoms with van der Waals surface area (Å²) in [4.78, 5) is 1.18. The molecule has 0 saturated carbocycles. The van der Waals surface area contributed by atoms with Crippen LogP contribution in [-0.4, -0.2) is 18.8 Å². The maximum Gasteiger partial charge on any atom is 0.123 e. The van der Waals surface area contributed by atoms with E-state index in [4.69, 9.17) is 11.6 Å². The highest BCUT2D eigenvalue weighted by molar-refractivity contribution is 9.10. The molecule has 0 amide bonds. The predicted molar refractivity (Wildman–Crippen MR) is 92.8 cm³/mol. The summed E-state index contributed by atoms with van der Waals surface area (Å²) in [5, 5.41) is 4.03. The van der Waals surface area contributed by atoms with E-state index in [0.29, 0.717) is 0 Å². The average molecular weight is 389 g/mol. The molecule has 112 valence electrons. The molecule has 1 atom stereocenters. The summed E-state index contributed by atoms with van der Waals surface area (Å²) in [6.45, 7) is 0. The van der Waals surface area contributed by atoms with Crippen LogP contribution in [0.5, 0.6) is 0 Å². The Kier molecular flexibility index (Phi) is 6.55. The topological polar surface area (TPSA) is 12.0 Å². The van der Waals surface area contributed by atoms with Crippen molar-refractivity contribution in [2.24, 2.45) is 0 Å². The third-order valence-electron chi connectivity index (χ3n) is 3.15. The molecule has 0 fully saturated rings. The number of benzene rings is 2. The van der Waals surface area contributed by atoms with Crippen molar-refractivity contribution in [2.75, 3.05) is 12.8 Å². The lowest BCUT2D eigenvalue weighted by Gasteiger charge is -2.17. The zero-order valence-corrected chi connectivity index (χ0v) is 14.7. The van der Waals surface area contributed by atoms with Gasteiger partial charge >= 0.3 is 0 Å². The van der Waals surface area contributed by atoms with Crippen molar-refractivity contribution in [3.8, 4) is 0 Å². The van der Waals surface area contributed by atoms with Gasteiger partial charge in [-0.15, -0.1) is 11.8 Å². The molecule has 1 unspecified atom stereocenters. The monoisotopic (exact) mass is 387 g/mol. The Morgan fingerprint density at radius 1 is 1.24 bits per heavy atom. The second-order valence-corrected chi connectivity index (χ2v) is 7.07. The number of hydrogen-bond donors (Lipinski definition) is 1. The van der Waals surface area contributed by atoms with Gasteiger partial charge in [0.25, 0.3) is 0 Å². The van der Waals surface area contributed by atoms with E-state index >= 15 is 0 Å². The van der Waals surface area contributed by atoms with E-state index in [2.05, 4.69) is 21.2 Å². The maximum absolute atomic E-state index is 13.3. The number of halogens is 3. The van der Waals surface area contributed by atoms with E-state index < -0.39 is 0 Å². The van der Waals surface area contributed by atoms with Crippen LogP contribution >= 0.6 is 39.3 Å².